The van der Waals surface area contributed by atoms with Gasteiger partial charge in [-0.25, -0.2) is 0 Å². The molecule has 1 N–H and O–H groups in total. The summed E-state index contributed by atoms with van der Waals surface area (Å²) in [4.78, 5) is 0. The maximum atomic E-state index is 6.35. The summed E-state index contributed by atoms with van der Waals surface area (Å²) in [6.45, 7) is 7.74. The topological polar surface area (TPSA) is 30.5 Å². The van der Waals surface area contributed by atoms with Crippen molar-refractivity contribution >= 4 is 11.6 Å². The number of hydrogen-bond donors (Lipinski definition) is 1. The number of morpholine rings is 1. The quantitative estimate of drug-likeness (QED) is 0.895. The summed E-state index contributed by atoms with van der Waals surface area (Å²) in [6.07, 6.45) is -0.00759. The minimum Gasteiger partial charge on any atom is -0.496 e. The van der Waals surface area contributed by atoms with Crippen LogP contribution in [-0.2, 0) is 4.74 Å². The Balaban J connectivity index is 2.51. The number of methoxy groups -OCH3 is 1. The maximum absolute atomic E-state index is 6.35. The molecule has 1 aliphatic heterocycles. The molecule has 0 amide bonds. The van der Waals surface area contributed by atoms with Crippen LogP contribution in [0.1, 0.15) is 29.7 Å². The third-order valence-corrected chi connectivity index (χ3v) is 4.10. The molecule has 1 saturated heterocycles. The SMILES string of the molecule is COc1cc(C)c(Cl)c(C)c1C1OCCNC1C. The van der Waals surface area contributed by atoms with Crippen LogP contribution in [-0.4, -0.2) is 26.3 Å². The molecule has 1 aromatic rings. The van der Waals surface area contributed by atoms with E-state index in [9.17, 15) is 0 Å². The summed E-state index contributed by atoms with van der Waals surface area (Å²) < 4.78 is 11.4. The number of hydrogen-bond acceptors (Lipinski definition) is 3. The van der Waals surface area contributed by atoms with Gasteiger partial charge in [0.25, 0.3) is 0 Å². The number of nitrogens with one attached hydrogen (secondary N) is 1. The van der Waals surface area contributed by atoms with Gasteiger partial charge in [0.15, 0.2) is 0 Å². The Hall–Kier alpha value is -0.770. The first-order valence-electron chi connectivity index (χ1n) is 6.24. The summed E-state index contributed by atoms with van der Waals surface area (Å²) in [7, 11) is 1.69. The molecule has 1 aromatic carbocycles. The highest BCUT2D eigenvalue weighted by Gasteiger charge is 2.29. The molecule has 1 fully saturated rings. The monoisotopic (exact) mass is 269 g/mol. The van der Waals surface area contributed by atoms with E-state index in [1.54, 1.807) is 7.11 Å². The molecule has 0 aromatic heterocycles. The van der Waals surface area contributed by atoms with Crippen LogP contribution in [0.2, 0.25) is 5.02 Å². The Kier molecular flexibility index (Phi) is 4.15. The minimum absolute atomic E-state index is 0.00759. The summed E-state index contributed by atoms with van der Waals surface area (Å²) >= 11 is 6.35. The highest BCUT2D eigenvalue weighted by Crippen LogP contribution is 2.38. The molecule has 0 bridgehead atoms. The van der Waals surface area contributed by atoms with Crippen molar-refractivity contribution in [1.82, 2.24) is 5.32 Å². The third-order valence-electron chi connectivity index (χ3n) is 3.52. The fraction of sp³-hybridized carbons (Fsp3) is 0.571. The molecule has 4 heteroatoms. The predicted molar refractivity (Wildman–Crippen MR) is 73.6 cm³/mol. The summed E-state index contributed by atoms with van der Waals surface area (Å²) in [5, 5.41) is 4.22. The first kappa shape index (κ1) is 13.7. The molecule has 0 spiro atoms. The van der Waals surface area contributed by atoms with Crippen LogP contribution in [0.25, 0.3) is 0 Å². The van der Waals surface area contributed by atoms with Crippen molar-refractivity contribution in [3.8, 4) is 5.75 Å². The molecule has 2 rings (SSSR count). The second-order valence-electron chi connectivity index (χ2n) is 4.78. The smallest absolute Gasteiger partial charge is 0.125 e. The second-order valence-corrected chi connectivity index (χ2v) is 5.16. The third kappa shape index (κ3) is 2.35. The maximum Gasteiger partial charge on any atom is 0.125 e. The Labute approximate surface area is 113 Å². The average Bonchev–Trinajstić information content (AvgIpc) is 2.37. The van der Waals surface area contributed by atoms with E-state index in [4.69, 9.17) is 21.1 Å². The molecule has 18 heavy (non-hydrogen) atoms. The van der Waals surface area contributed by atoms with E-state index < -0.39 is 0 Å². The molecule has 2 atom stereocenters. The van der Waals surface area contributed by atoms with Gasteiger partial charge in [-0.15, -0.1) is 0 Å². The van der Waals surface area contributed by atoms with E-state index in [2.05, 4.69) is 12.2 Å². The Morgan fingerprint density at radius 2 is 2.17 bits per heavy atom. The van der Waals surface area contributed by atoms with Gasteiger partial charge in [0.1, 0.15) is 11.9 Å². The molecule has 100 valence electrons. The van der Waals surface area contributed by atoms with Gasteiger partial charge in [-0.2, -0.15) is 0 Å². The van der Waals surface area contributed by atoms with E-state index in [1.807, 2.05) is 19.9 Å². The van der Waals surface area contributed by atoms with Crippen molar-refractivity contribution in [3.63, 3.8) is 0 Å². The number of aryl methyl sites for hydroxylation is 1. The van der Waals surface area contributed by atoms with E-state index in [0.29, 0.717) is 6.61 Å². The lowest BCUT2D eigenvalue weighted by atomic mass is 9.94. The van der Waals surface area contributed by atoms with Gasteiger partial charge in [-0.1, -0.05) is 11.6 Å². The minimum atomic E-state index is -0.00759. The van der Waals surface area contributed by atoms with Crippen LogP contribution in [0.4, 0.5) is 0 Å². The molecule has 2 unspecified atom stereocenters. The van der Waals surface area contributed by atoms with Gasteiger partial charge in [-0.3, -0.25) is 0 Å². The second kappa shape index (κ2) is 5.47. The van der Waals surface area contributed by atoms with Crippen molar-refractivity contribution in [2.75, 3.05) is 20.3 Å². The summed E-state index contributed by atoms with van der Waals surface area (Å²) in [6, 6.07) is 2.24. The Morgan fingerprint density at radius 3 is 2.78 bits per heavy atom. The van der Waals surface area contributed by atoms with Crippen molar-refractivity contribution in [2.45, 2.75) is 32.9 Å². The van der Waals surface area contributed by atoms with Crippen LogP contribution in [0, 0.1) is 13.8 Å². The zero-order valence-corrected chi connectivity index (χ0v) is 12.1. The Morgan fingerprint density at radius 1 is 1.44 bits per heavy atom. The first-order chi connectivity index (χ1) is 8.56. The van der Waals surface area contributed by atoms with Crippen molar-refractivity contribution in [2.24, 2.45) is 0 Å². The zero-order chi connectivity index (χ0) is 13.3. The Bertz CT molecular complexity index is 448. The fourth-order valence-electron chi connectivity index (χ4n) is 2.52. The number of ether oxygens (including phenoxy) is 2. The van der Waals surface area contributed by atoms with Crippen LogP contribution < -0.4 is 10.1 Å². The standard InChI is InChI=1S/C14H20ClNO2/c1-8-7-11(17-4)12(9(2)13(8)15)14-10(3)16-5-6-18-14/h7,10,14,16H,5-6H2,1-4H3. The largest absolute Gasteiger partial charge is 0.496 e. The van der Waals surface area contributed by atoms with Crippen molar-refractivity contribution in [1.29, 1.82) is 0 Å². The van der Waals surface area contributed by atoms with Crippen LogP contribution in [0.15, 0.2) is 6.07 Å². The molecule has 0 radical (unpaired) electrons. The number of rotatable bonds is 2. The molecule has 1 aliphatic rings. The highest BCUT2D eigenvalue weighted by atomic mass is 35.5. The van der Waals surface area contributed by atoms with E-state index in [-0.39, 0.29) is 12.1 Å². The van der Waals surface area contributed by atoms with E-state index >= 15 is 0 Å². The molecule has 0 saturated carbocycles. The van der Waals surface area contributed by atoms with Gasteiger partial charge < -0.3 is 14.8 Å². The van der Waals surface area contributed by atoms with Gasteiger partial charge in [0.05, 0.1) is 13.7 Å². The van der Waals surface area contributed by atoms with Gasteiger partial charge >= 0.3 is 0 Å². The van der Waals surface area contributed by atoms with E-state index in [1.165, 1.54) is 0 Å². The van der Waals surface area contributed by atoms with Crippen LogP contribution in [0.5, 0.6) is 5.75 Å². The number of halogens is 1. The molecule has 1 heterocycles. The lowest BCUT2D eigenvalue weighted by Gasteiger charge is -2.33. The molecular weight excluding hydrogens is 250 g/mol. The van der Waals surface area contributed by atoms with Gasteiger partial charge in [0.2, 0.25) is 0 Å². The normalized spacial score (nSPS) is 24.1. The predicted octanol–water partition coefficient (Wildman–Crippen LogP) is 3.01. The van der Waals surface area contributed by atoms with Crippen LogP contribution >= 0.6 is 11.6 Å². The van der Waals surface area contributed by atoms with Crippen molar-refractivity contribution in [3.05, 3.63) is 27.8 Å². The molecular formula is C14H20ClNO2. The van der Waals surface area contributed by atoms with E-state index in [0.717, 1.165) is 34.0 Å². The zero-order valence-electron chi connectivity index (χ0n) is 11.3. The number of benzene rings is 1. The molecule has 0 aliphatic carbocycles. The van der Waals surface area contributed by atoms with Crippen LogP contribution in [0.3, 0.4) is 0 Å². The summed E-state index contributed by atoms with van der Waals surface area (Å²) in [5.74, 6) is 0.856. The highest BCUT2D eigenvalue weighted by molar-refractivity contribution is 6.32. The lowest BCUT2D eigenvalue weighted by Crippen LogP contribution is -2.41. The first-order valence-corrected chi connectivity index (χ1v) is 6.62. The van der Waals surface area contributed by atoms with Gasteiger partial charge in [0, 0.05) is 23.2 Å². The van der Waals surface area contributed by atoms with Gasteiger partial charge in [-0.05, 0) is 38.0 Å². The summed E-state index contributed by atoms with van der Waals surface area (Å²) in [5.41, 5.74) is 3.15. The molecule has 3 nitrogen and oxygen atoms in total. The lowest BCUT2D eigenvalue weighted by molar-refractivity contribution is -0.00188. The fourth-order valence-corrected chi connectivity index (χ4v) is 2.67. The van der Waals surface area contributed by atoms with Crippen molar-refractivity contribution < 1.29 is 9.47 Å². The average molecular weight is 270 g/mol.